The molecule has 0 aromatic heterocycles. The van der Waals surface area contributed by atoms with Crippen LogP contribution >= 0.6 is 0 Å². The van der Waals surface area contributed by atoms with Crippen molar-refractivity contribution in [1.82, 2.24) is 5.32 Å². The number of benzene rings is 1. The molecule has 0 fully saturated rings. The summed E-state index contributed by atoms with van der Waals surface area (Å²) in [7, 11) is 0. The minimum absolute atomic E-state index is 0.139. The van der Waals surface area contributed by atoms with Crippen molar-refractivity contribution >= 4 is 11.9 Å². The van der Waals surface area contributed by atoms with E-state index >= 15 is 0 Å². The second kappa shape index (κ2) is 5.48. The van der Waals surface area contributed by atoms with Crippen molar-refractivity contribution in [2.24, 2.45) is 5.92 Å². The largest absolute Gasteiger partial charge is 0.478 e. The molecule has 0 aliphatic carbocycles. The zero-order valence-electron chi connectivity index (χ0n) is 10.3. The third kappa shape index (κ3) is 3.90. The number of aryl methyl sites for hydroxylation is 1. The molecule has 0 radical (unpaired) electrons. The van der Waals surface area contributed by atoms with Gasteiger partial charge in [-0.25, -0.2) is 4.79 Å². The van der Waals surface area contributed by atoms with E-state index in [1.165, 1.54) is 6.07 Å². The Kier molecular flexibility index (Phi) is 4.26. The Morgan fingerprint density at radius 2 is 1.82 bits per heavy atom. The Balaban J connectivity index is 2.90. The molecule has 0 spiro atoms. The molecule has 1 aromatic rings. The van der Waals surface area contributed by atoms with Gasteiger partial charge in [0.1, 0.15) is 0 Å². The lowest BCUT2D eigenvalue weighted by Gasteiger charge is -2.08. The highest BCUT2D eigenvalue weighted by atomic mass is 16.4. The lowest BCUT2D eigenvalue weighted by atomic mass is 10.1. The van der Waals surface area contributed by atoms with Gasteiger partial charge in [-0.1, -0.05) is 13.8 Å². The van der Waals surface area contributed by atoms with E-state index in [1.54, 1.807) is 19.1 Å². The van der Waals surface area contributed by atoms with Crippen LogP contribution in [0.5, 0.6) is 0 Å². The fourth-order valence-corrected chi connectivity index (χ4v) is 1.44. The minimum Gasteiger partial charge on any atom is -0.478 e. The Labute approximate surface area is 101 Å². The molecule has 92 valence electrons. The summed E-state index contributed by atoms with van der Waals surface area (Å²) in [5.74, 6) is -0.890. The van der Waals surface area contributed by atoms with Crippen LogP contribution in [-0.4, -0.2) is 23.5 Å². The van der Waals surface area contributed by atoms with Gasteiger partial charge in [0.05, 0.1) is 5.56 Å². The number of hydrogen-bond acceptors (Lipinski definition) is 2. The highest BCUT2D eigenvalue weighted by molar-refractivity contribution is 5.97. The van der Waals surface area contributed by atoms with E-state index in [2.05, 4.69) is 5.32 Å². The third-order valence-corrected chi connectivity index (χ3v) is 2.26. The normalized spacial score (nSPS) is 10.4. The maximum atomic E-state index is 11.8. The number of amides is 1. The van der Waals surface area contributed by atoms with E-state index in [0.717, 1.165) is 5.56 Å². The minimum atomic E-state index is -1.02. The van der Waals surface area contributed by atoms with Gasteiger partial charge in [-0.05, 0) is 36.6 Å². The first-order chi connectivity index (χ1) is 7.90. The summed E-state index contributed by atoms with van der Waals surface area (Å²) in [6.45, 7) is 6.35. The van der Waals surface area contributed by atoms with Crippen molar-refractivity contribution in [1.29, 1.82) is 0 Å². The zero-order valence-corrected chi connectivity index (χ0v) is 10.3. The summed E-state index contributed by atoms with van der Waals surface area (Å²) in [5, 5.41) is 11.7. The van der Waals surface area contributed by atoms with Crippen LogP contribution in [0.4, 0.5) is 0 Å². The molecule has 1 aromatic carbocycles. The number of nitrogens with one attached hydrogen (secondary N) is 1. The van der Waals surface area contributed by atoms with Crippen LogP contribution in [0.1, 0.15) is 40.1 Å². The topological polar surface area (TPSA) is 66.4 Å². The summed E-state index contributed by atoms with van der Waals surface area (Å²) in [4.78, 5) is 22.6. The first-order valence-electron chi connectivity index (χ1n) is 5.53. The van der Waals surface area contributed by atoms with Crippen LogP contribution in [0.2, 0.25) is 0 Å². The molecule has 0 saturated carbocycles. The van der Waals surface area contributed by atoms with Crippen LogP contribution in [0.25, 0.3) is 0 Å². The molecule has 17 heavy (non-hydrogen) atoms. The molecule has 0 unspecified atom stereocenters. The van der Waals surface area contributed by atoms with Gasteiger partial charge in [-0.3, -0.25) is 4.79 Å². The van der Waals surface area contributed by atoms with Gasteiger partial charge in [-0.15, -0.1) is 0 Å². The van der Waals surface area contributed by atoms with Crippen molar-refractivity contribution in [2.75, 3.05) is 6.54 Å². The maximum absolute atomic E-state index is 11.8. The van der Waals surface area contributed by atoms with Gasteiger partial charge in [-0.2, -0.15) is 0 Å². The lowest BCUT2D eigenvalue weighted by molar-refractivity contribution is 0.0696. The van der Waals surface area contributed by atoms with Gasteiger partial charge >= 0.3 is 5.97 Å². The number of carbonyl (C=O) groups is 2. The summed E-state index contributed by atoms with van der Waals surface area (Å²) in [5.41, 5.74) is 1.29. The van der Waals surface area contributed by atoms with E-state index in [-0.39, 0.29) is 11.5 Å². The standard InChI is InChI=1S/C13H17NO3/c1-8(2)7-14-12(15)10-4-9(3)5-11(6-10)13(16)17/h4-6,8H,7H2,1-3H3,(H,14,15)(H,16,17). The average Bonchev–Trinajstić information content (AvgIpc) is 2.24. The fraction of sp³-hybridized carbons (Fsp3) is 0.385. The summed E-state index contributed by atoms with van der Waals surface area (Å²) < 4.78 is 0. The van der Waals surface area contributed by atoms with Crippen LogP contribution < -0.4 is 5.32 Å². The van der Waals surface area contributed by atoms with E-state index in [0.29, 0.717) is 18.0 Å². The Morgan fingerprint density at radius 1 is 1.24 bits per heavy atom. The maximum Gasteiger partial charge on any atom is 0.335 e. The van der Waals surface area contributed by atoms with Crippen LogP contribution in [0.3, 0.4) is 0 Å². The Morgan fingerprint density at radius 3 is 2.35 bits per heavy atom. The van der Waals surface area contributed by atoms with Crippen molar-refractivity contribution < 1.29 is 14.7 Å². The smallest absolute Gasteiger partial charge is 0.335 e. The zero-order chi connectivity index (χ0) is 13.0. The van der Waals surface area contributed by atoms with E-state index in [4.69, 9.17) is 5.11 Å². The third-order valence-electron chi connectivity index (χ3n) is 2.26. The summed E-state index contributed by atoms with van der Waals surface area (Å²) in [6, 6.07) is 4.62. The number of hydrogen-bond donors (Lipinski definition) is 2. The van der Waals surface area contributed by atoms with Gasteiger partial charge in [0.2, 0.25) is 0 Å². The number of carbonyl (C=O) groups excluding carboxylic acids is 1. The number of aromatic carboxylic acids is 1. The highest BCUT2D eigenvalue weighted by Crippen LogP contribution is 2.10. The van der Waals surface area contributed by atoms with Gasteiger partial charge in [0.15, 0.2) is 0 Å². The molecule has 1 rings (SSSR count). The van der Waals surface area contributed by atoms with E-state index in [1.807, 2.05) is 13.8 Å². The molecule has 0 heterocycles. The molecule has 0 aliphatic rings. The summed E-state index contributed by atoms with van der Waals surface area (Å²) >= 11 is 0. The van der Waals surface area contributed by atoms with E-state index < -0.39 is 5.97 Å². The van der Waals surface area contributed by atoms with Gasteiger partial charge < -0.3 is 10.4 Å². The highest BCUT2D eigenvalue weighted by Gasteiger charge is 2.11. The molecule has 2 N–H and O–H groups in total. The van der Waals surface area contributed by atoms with Crippen molar-refractivity contribution in [3.63, 3.8) is 0 Å². The van der Waals surface area contributed by atoms with Gasteiger partial charge in [0, 0.05) is 12.1 Å². The molecular formula is C13H17NO3. The molecule has 4 nitrogen and oxygen atoms in total. The Bertz CT molecular complexity index is 438. The molecular weight excluding hydrogens is 218 g/mol. The van der Waals surface area contributed by atoms with Crippen molar-refractivity contribution in [2.45, 2.75) is 20.8 Å². The second-order valence-electron chi connectivity index (χ2n) is 4.50. The molecule has 4 heteroatoms. The predicted octanol–water partition coefficient (Wildman–Crippen LogP) is 2.08. The molecule has 1 amide bonds. The number of carboxylic acid groups (broad SMARTS) is 1. The number of rotatable bonds is 4. The lowest BCUT2D eigenvalue weighted by Crippen LogP contribution is -2.27. The quantitative estimate of drug-likeness (QED) is 0.839. The first-order valence-corrected chi connectivity index (χ1v) is 5.53. The molecule has 0 bridgehead atoms. The van der Waals surface area contributed by atoms with Crippen LogP contribution in [0, 0.1) is 12.8 Å². The number of carboxylic acids is 1. The van der Waals surface area contributed by atoms with Gasteiger partial charge in [0.25, 0.3) is 5.91 Å². The SMILES string of the molecule is Cc1cc(C(=O)O)cc(C(=O)NCC(C)C)c1. The summed E-state index contributed by atoms with van der Waals surface area (Å²) in [6.07, 6.45) is 0. The van der Waals surface area contributed by atoms with Crippen LogP contribution in [0.15, 0.2) is 18.2 Å². The fourth-order valence-electron chi connectivity index (χ4n) is 1.44. The monoisotopic (exact) mass is 235 g/mol. The van der Waals surface area contributed by atoms with E-state index in [9.17, 15) is 9.59 Å². The first kappa shape index (κ1) is 13.2. The average molecular weight is 235 g/mol. The molecule has 0 atom stereocenters. The van der Waals surface area contributed by atoms with Crippen molar-refractivity contribution in [3.05, 3.63) is 34.9 Å². The van der Waals surface area contributed by atoms with Crippen LogP contribution in [-0.2, 0) is 0 Å². The molecule has 0 aliphatic heterocycles. The predicted molar refractivity (Wildman–Crippen MR) is 65.3 cm³/mol. The Hall–Kier alpha value is -1.84. The molecule has 0 saturated heterocycles. The van der Waals surface area contributed by atoms with Crippen molar-refractivity contribution in [3.8, 4) is 0 Å². The second-order valence-corrected chi connectivity index (χ2v) is 4.50.